The lowest BCUT2D eigenvalue weighted by atomic mass is 9.71. The van der Waals surface area contributed by atoms with Crippen LogP contribution in [0.2, 0.25) is 5.15 Å². The summed E-state index contributed by atoms with van der Waals surface area (Å²) in [5, 5.41) is 6.59. The van der Waals surface area contributed by atoms with Gasteiger partial charge in [-0.15, -0.1) is 0 Å². The monoisotopic (exact) mass is 417 g/mol. The Kier molecular flexibility index (Phi) is 6.77. The number of amides is 1. The van der Waals surface area contributed by atoms with Crippen molar-refractivity contribution >= 4 is 23.2 Å². The number of hydrogen-bond donors (Lipinski definition) is 2. The molecule has 0 radical (unpaired) electrons. The normalized spacial score (nSPS) is 16.2. The zero-order valence-electron chi connectivity index (χ0n) is 17.3. The number of hydrogen-bond acceptors (Lipinski definition) is 5. The highest BCUT2D eigenvalue weighted by Crippen LogP contribution is 2.37. The molecule has 1 saturated heterocycles. The molecular weight excluding hydrogens is 390 g/mol. The van der Waals surface area contributed by atoms with Crippen molar-refractivity contribution in [3.63, 3.8) is 0 Å². The maximum Gasteiger partial charge on any atom is 0.237 e. The van der Waals surface area contributed by atoms with Gasteiger partial charge in [-0.25, -0.2) is 4.98 Å². The fraction of sp³-hybridized carbons (Fsp3) is 0.455. The Bertz CT molecular complexity index is 868. The predicted octanol–water partition coefficient (Wildman–Crippen LogP) is 3.75. The molecule has 3 rings (SSSR count). The third-order valence-electron chi connectivity index (χ3n) is 5.20. The molecule has 1 aliphatic heterocycles. The van der Waals surface area contributed by atoms with Crippen LogP contribution in [-0.2, 0) is 14.9 Å². The summed E-state index contributed by atoms with van der Waals surface area (Å²) in [6.07, 6.45) is 1.33. The molecule has 1 fully saturated rings. The number of carbonyl (C=O) groups excluding carboxylic acids is 1. The van der Waals surface area contributed by atoms with Gasteiger partial charge < -0.3 is 20.1 Å². The van der Waals surface area contributed by atoms with Gasteiger partial charge in [0, 0.05) is 26.3 Å². The molecular formula is C22H28ClN3O3. The minimum Gasteiger partial charge on any atom is -0.486 e. The van der Waals surface area contributed by atoms with Crippen molar-refractivity contribution in [1.82, 2.24) is 10.3 Å². The first kappa shape index (κ1) is 21.6. The van der Waals surface area contributed by atoms with Crippen LogP contribution < -0.4 is 15.4 Å². The van der Waals surface area contributed by atoms with Gasteiger partial charge >= 0.3 is 0 Å². The van der Waals surface area contributed by atoms with Gasteiger partial charge in [0.05, 0.1) is 18.2 Å². The van der Waals surface area contributed by atoms with Crippen LogP contribution in [0, 0.1) is 0 Å². The van der Waals surface area contributed by atoms with Crippen LogP contribution in [-0.4, -0.2) is 43.8 Å². The summed E-state index contributed by atoms with van der Waals surface area (Å²) in [5.74, 6) is 0.711. The zero-order chi connectivity index (χ0) is 21.0. The molecule has 1 atom stereocenters. The van der Waals surface area contributed by atoms with Crippen LogP contribution in [0.4, 0.5) is 5.69 Å². The van der Waals surface area contributed by atoms with E-state index in [-0.39, 0.29) is 12.0 Å². The molecule has 29 heavy (non-hydrogen) atoms. The zero-order valence-corrected chi connectivity index (χ0v) is 18.0. The fourth-order valence-electron chi connectivity index (χ4n) is 3.62. The van der Waals surface area contributed by atoms with Crippen molar-refractivity contribution in [2.75, 3.05) is 32.1 Å². The quantitative estimate of drug-likeness (QED) is 0.640. The van der Waals surface area contributed by atoms with Crippen LogP contribution in [0.25, 0.3) is 0 Å². The van der Waals surface area contributed by atoms with Gasteiger partial charge in [0.1, 0.15) is 22.7 Å². The second-order valence-corrected chi connectivity index (χ2v) is 8.16. The molecule has 2 heterocycles. The van der Waals surface area contributed by atoms with Crippen LogP contribution >= 0.6 is 11.6 Å². The maximum absolute atomic E-state index is 13.4. The summed E-state index contributed by atoms with van der Waals surface area (Å²) in [7, 11) is 1.61. The number of anilines is 1. The predicted molar refractivity (Wildman–Crippen MR) is 115 cm³/mol. The molecule has 6 nitrogen and oxygen atoms in total. The average molecular weight is 418 g/mol. The summed E-state index contributed by atoms with van der Waals surface area (Å²) < 4.78 is 11.1. The van der Waals surface area contributed by atoms with Crippen molar-refractivity contribution in [1.29, 1.82) is 0 Å². The van der Waals surface area contributed by atoms with E-state index in [1.165, 1.54) is 11.8 Å². The number of methoxy groups -OCH3 is 1. The Morgan fingerprint density at radius 3 is 2.66 bits per heavy atom. The van der Waals surface area contributed by atoms with E-state index < -0.39 is 5.41 Å². The van der Waals surface area contributed by atoms with Crippen LogP contribution in [0.5, 0.6) is 5.75 Å². The number of nitrogens with zero attached hydrogens (tertiary/aromatic N) is 1. The van der Waals surface area contributed by atoms with Crippen molar-refractivity contribution in [2.45, 2.75) is 38.2 Å². The molecule has 7 heteroatoms. The molecule has 0 aliphatic carbocycles. The first-order valence-corrected chi connectivity index (χ1v) is 10.2. The first-order valence-electron chi connectivity index (χ1n) is 9.80. The Labute approximate surface area is 177 Å². The Hall–Kier alpha value is -2.15. The van der Waals surface area contributed by atoms with E-state index in [1.54, 1.807) is 13.2 Å². The van der Waals surface area contributed by atoms with Gasteiger partial charge in [0.2, 0.25) is 5.91 Å². The van der Waals surface area contributed by atoms with E-state index >= 15 is 0 Å². The molecule has 0 saturated carbocycles. The second kappa shape index (κ2) is 9.11. The van der Waals surface area contributed by atoms with E-state index in [0.29, 0.717) is 42.2 Å². The van der Waals surface area contributed by atoms with Crippen LogP contribution in [0.15, 0.2) is 36.5 Å². The molecule has 2 aromatic rings. The fourth-order valence-corrected chi connectivity index (χ4v) is 3.76. The highest BCUT2D eigenvalue weighted by molar-refractivity contribution is 6.29. The first-order chi connectivity index (χ1) is 13.9. The van der Waals surface area contributed by atoms with Gasteiger partial charge in [-0.3, -0.25) is 4.79 Å². The van der Waals surface area contributed by atoms with E-state index in [4.69, 9.17) is 21.1 Å². The summed E-state index contributed by atoms with van der Waals surface area (Å²) in [5.41, 5.74) is 2.11. The maximum atomic E-state index is 13.4. The van der Waals surface area contributed by atoms with Gasteiger partial charge in [0.25, 0.3) is 0 Å². The van der Waals surface area contributed by atoms with Crippen molar-refractivity contribution < 1.29 is 14.3 Å². The third-order valence-corrected chi connectivity index (χ3v) is 5.40. The third kappa shape index (κ3) is 4.55. The van der Waals surface area contributed by atoms with Crippen LogP contribution in [0.3, 0.4) is 0 Å². The second-order valence-electron chi connectivity index (χ2n) is 7.77. The van der Waals surface area contributed by atoms with E-state index in [1.807, 2.05) is 25.1 Å². The minimum atomic E-state index is -0.629. The van der Waals surface area contributed by atoms with E-state index in [2.05, 4.69) is 35.5 Å². The molecule has 1 amide bonds. The smallest absolute Gasteiger partial charge is 0.237 e. The molecule has 0 spiro atoms. The number of benzene rings is 1. The molecule has 1 aliphatic rings. The Balaban J connectivity index is 1.90. The van der Waals surface area contributed by atoms with E-state index in [0.717, 1.165) is 5.56 Å². The number of pyridine rings is 1. The highest BCUT2D eigenvalue weighted by atomic mass is 35.5. The molecule has 1 aromatic heterocycles. The van der Waals surface area contributed by atoms with Crippen molar-refractivity contribution in [3.05, 3.63) is 52.8 Å². The summed E-state index contributed by atoms with van der Waals surface area (Å²) in [6, 6.07) is 9.76. The SMILES string of the molecule is COCC(C)Oc1cc(Cl)ncc1NC(=O)C1(c2ccccc2C(C)C)CNC1. The minimum absolute atomic E-state index is 0.0854. The lowest BCUT2D eigenvalue weighted by Crippen LogP contribution is -2.63. The van der Waals surface area contributed by atoms with Crippen molar-refractivity contribution in [2.24, 2.45) is 0 Å². The van der Waals surface area contributed by atoms with Crippen LogP contribution in [0.1, 0.15) is 37.8 Å². The molecule has 2 N–H and O–H groups in total. The Morgan fingerprint density at radius 1 is 1.31 bits per heavy atom. The number of nitrogens with one attached hydrogen (secondary N) is 2. The summed E-state index contributed by atoms with van der Waals surface area (Å²) >= 11 is 6.05. The van der Waals surface area contributed by atoms with Gasteiger partial charge in [0.15, 0.2) is 0 Å². The summed E-state index contributed by atoms with van der Waals surface area (Å²) in [6.45, 7) is 7.76. The lowest BCUT2D eigenvalue weighted by molar-refractivity contribution is -0.123. The number of aromatic nitrogens is 1. The average Bonchev–Trinajstić information content (AvgIpc) is 2.63. The summed E-state index contributed by atoms with van der Waals surface area (Å²) in [4.78, 5) is 17.6. The number of ether oxygens (including phenoxy) is 2. The molecule has 1 unspecified atom stereocenters. The molecule has 0 bridgehead atoms. The van der Waals surface area contributed by atoms with E-state index in [9.17, 15) is 4.79 Å². The lowest BCUT2D eigenvalue weighted by Gasteiger charge is -2.43. The molecule has 1 aromatic carbocycles. The number of halogens is 1. The van der Waals surface area contributed by atoms with Crippen molar-refractivity contribution in [3.8, 4) is 5.75 Å². The Morgan fingerprint density at radius 2 is 2.03 bits per heavy atom. The van der Waals surface area contributed by atoms with Gasteiger partial charge in [-0.1, -0.05) is 49.7 Å². The largest absolute Gasteiger partial charge is 0.486 e. The molecule has 156 valence electrons. The topological polar surface area (TPSA) is 72.5 Å². The standard InChI is InChI=1S/C22H28ClN3O3/c1-14(2)16-7-5-6-8-17(16)22(12-24-13-22)21(27)26-18-10-25-20(23)9-19(18)29-15(3)11-28-4/h5-10,14-15,24H,11-13H2,1-4H3,(H,26,27). The highest BCUT2D eigenvalue weighted by Gasteiger charge is 2.47. The van der Waals surface area contributed by atoms with Gasteiger partial charge in [-0.2, -0.15) is 0 Å². The van der Waals surface area contributed by atoms with Gasteiger partial charge in [-0.05, 0) is 24.0 Å². The number of rotatable bonds is 8. The number of carbonyl (C=O) groups is 1.